The summed E-state index contributed by atoms with van der Waals surface area (Å²) in [4.78, 5) is 8.63. The summed E-state index contributed by atoms with van der Waals surface area (Å²) in [6.07, 6.45) is 1.68. The SMILES string of the molecule is CCOc1ncccc1-c1c(C)nc(OC)c(C#N)c1C. The lowest BCUT2D eigenvalue weighted by atomic mass is 9.97. The van der Waals surface area contributed by atoms with Crippen LogP contribution < -0.4 is 9.47 Å². The molecule has 0 saturated heterocycles. The molecular formula is C16H17N3O2. The molecule has 0 unspecified atom stereocenters. The van der Waals surface area contributed by atoms with E-state index in [0.29, 0.717) is 23.9 Å². The molecule has 0 atom stereocenters. The monoisotopic (exact) mass is 283 g/mol. The predicted molar refractivity (Wildman–Crippen MR) is 79.4 cm³/mol. The van der Waals surface area contributed by atoms with E-state index in [-0.39, 0.29) is 0 Å². The van der Waals surface area contributed by atoms with Gasteiger partial charge < -0.3 is 9.47 Å². The summed E-state index contributed by atoms with van der Waals surface area (Å²) in [5, 5.41) is 9.35. The molecule has 0 aliphatic rings. The third-order valence-electron chi connectivity index (χ3n) is 3.22. The topological polar surface area (TPSA) is 68.0 Å². The lowest BCUT2D eigenvalue weighted by Crippen LogP contribution is -2.03. The first kappa shape index (κ1) is 14.8. The average Bonchev–Trinajstić information content (AvgIpc) is 2.48. The Hall–Kier alpha value is -2.61. The third kappa shape index (κ3) is 2.65. The first-order valence-corrected chi connectivity index (χ1v) is 6.67. The maximum absolute atomic E-state index is 9.35. The van der Waals surface area contributed by atoms with Crippen molar-refractivity contribution in [1.29, 1.82) is 5.26 Å². The Morgan fingerprint density at radius 3 is 2.67 bits per heavy atom. The Morgan fingerprint density at radius 1 is 1.29 bits per heavy atom. The fourth-order valence-electron chi connectivity index (χ4n) is 2.33. The Labute approximate surface area is 124 Å². The maximum atomic E-state index is 9.35. The van der Waals surface area contributed by atoms with E-state index in [0.717, 1.165) is 22.4 Å². The maximum Gasteiger partial charge on any atom is 0.231 e. The van der Waals surface area contributed by atoms with Crippen LogP contribution >= 0.6 is 0 Å². The van der Waals surface area contributed by atoms with E-state index in [1.54, 1.807) is 6.20 Å². The van der Waals surface area contributed by atoms with E-state index in [2.05, 4.69) is 16.0 Å². The van der Waals surface area contributed by atoms with E-state index in [1.165, 1.54) is 7.11 Å². The van der Waals surface area contributed by atoms with Crippen LogP contribution in [-0.2, 0) is 0 Å². The number of nitriles is 1. The van der Waals surface area contributed by atoms with Gasteiger partial charge in [-0.05, 0) is 38.5 Å². The Balaban J connectivity index is 2.74. The zero-order valence-corrected chi connectivity index (χ0v) is 12.6. The van der Waals surface area contributed by atoms with Gasteiger partial charge in [0.05, 0.1) is 13.7 Å². The van der Waals surface area contributed by atoms with Gasteiger partial charge in [-0.2, -0.15) is 5.26 Å². The molecule has 2 aromatic heterocycles. The number of hydrogen-bond donors (Lipinski definition) is 0. The van der Waals surface area contributed by atoms with E-state index in [9.17, 15) is 5.26 Å². The summed E-state index contributed by atoms with van der Waals surface area (Å²) < 4.78 is 10.8. The molecule has 0 aliphatic carbocycles. The highest BCUT2D eigenvalue weighted by Crippen LogP contribution is 2.36. The summed E-state index contributed by atoms with van der Waals surface area (Å²) in [7, 11) is 1.51. The van der Waals surface area contributed by atoms with Gasteiger partial charge in [0, 0.05) is 23.0 Å². The molecule has 0 aliphatic heterocycles. The number of hydrogen-bond acceptors (Lipinski definition) is 5. The summed E-state index contributed by atoms with van der Waals surface area (Å²) in [6.45, 7) is 6.20. The molecule has 0 saturated carbocycles. The van der Waals surface area contributed by atoms with Crippen molar-refractivity contribution in [2.75, 3.05) is 13.7 Å². The molecule has 0 bridgehead atoms. The van der Waals surface area contributed by atoms with Crippen LogP contribution in [0.5, 0.6) is 11.8 Å². The van der Waals surface area contributed by atoms with Gasteiger partial charge in [-0.25, -0.2) is 9.97 Å². The molecule has 0 amide bonds. The first-order valence-electron chi connectivity index (χ1n) is 6.67. The van der Waals surface area contributed by atoms with Crippen molar-refractivity contribution in [2.24, 2.45) is 0 Å². The van der Waals surface area contributed by atoms with E-state index in [1.807, 2.05) is 32.9 Å². The summed E-state index contributed by atoms with van der Waals surface area (Å²) in [5.41, 5.74) is 3.72. The molecule has 5 heteroatoms. The fourth-order valence-corrected chi connectivity index (χ4v) is 2.33. The number of rotatable bonds is 4. The minimum Gasteiger partial charge on any atom is -0.480 e. The quantitative estimate of drug-likeness (QED) is 0.862. The highest BCUT2D eigenvalue weighted by molar-refractivity contribution is 5.76. The normalized spacial score (nSPS) is 10.0. The van der Waals surface area contributed by atoms with Crippen molar-refractivity contribution in [2.45, 2.75) is 20.8 Å². The Bertz CT molecular complexity index is 705. The van der Waals surface area contributed by atoms with Crippen molar-refractivity contribution >= 4 is 0 Å². The molecule has 2 rings (SSSR count). The van der Waals surface area contributed by atoms with Crippen LogP contribution in [0.1, 0.15) is 23.7 Å². The van der Waals surface area contributed by atoms with Gasteiger partial charge in [0.2, 0.25) is 11.8 Å². The van der Waals surface area contributed by atoms with Gasteiger partial charge in [-0.15, -0.1) is 0 Å². The van der Waals surface area contributed by atoms with Crippen LogP contribution in [0, 0.1) is 25.2 Å². The van der Waals surface area contributed by atoms with Gasteiger partial charge in [0.1, 0.15) is 11.6 Å². The minimum absolute atomic E-state index is 0.345. The number of pyridine rings is 2. The second kappa shape index (κ2) is 6.23. The molecule has 0 fully saturated rings. The average molecular weight is 283 g/mol. The van der Waals surface area contributed by atoms with Gasteiger partial charge in [0.15, 0.2) is 0 Å². The number of aromatic nitrogens is 2. The predicted octanol–water partition coefficient (Wildman–Crippen LogP) is 3.04. The lowest BCUT2D eigenvalue weighted by molar-refractivity contribution is 0.328. The highest BCUT2D eigenvalue weighted by Gasteiger charge is 2.19. The van der Waals surface area contributed by atoms with E-state index < -0.39 is 0 Å². The molecule has 2 aromatic rings. The summed E-state index contributed by atoms with van der Waals surface area (Å²) in [6, 6.07) is 5.91. The van der Waals surface area contributed by atoms with Crippen molar-refractivity contribution in [1.82, 2.24) is 9.97 Å². The fraction of sp³-hybridized carbons (Fsp3) is 0.312. The van der Waals surface area contributed by atoms with Crippen LogP contribution in [0.4, 0.5) is 0 Å². The van der Waals surface area contributed by atoms with Gasteiger partial charge in [0.25, 0.3) is 0 Å². The van der Waals surface area contributed by atoms with E-state index >= 15 is 0 Å². The van der Waals surface area contributed by atoms with Crippen LogP contribution in [0.25, 0.3) is 11.1 Å². The zero-order chi connectivity index (χ0) is 15.4. The number of nitrogens with zero attached hydrogens (tertiary/aromatic N) is 3. The molecular weight excluding hydrogens is 266 g/mol. The Morgan fingerprint density at radius 2 is 2.05 bits per heavy atom. The molecule has 5 nitrogen and oxygen atoms in total. The number of methoxy groups -OCH3 is 1. The summed E-state index contributed by atoms with van der Waals surface area (Å²) in [5.74, 6) is 0.889. The van der Waals surface area contributed by atoms with Crippen molar-refractivity contribution in [3.05, 3.63) is 35.2 Å². The second-order valence-electron chi connectivity index (χ2n) is 4.48. The molecule has 0 spiro atoms. The van der Waals surface area contributed by atoms with Crippen molar-refractivity contribution in [3.63, 3.8) is 0 Å². The zero-order valence-electron chi connectivity index (χ0n) is 12.6. The van der Waals surface area contributed by atoms with Crippen LogP contribution in [0.2, 0.25) is 0 Å². The van der Waals surface area contributed by atoms with Gasteiger partial charge in [-0.1, -0.05) is 0 Å². The Kier molecular flexibility index (Phi) is 4.39. The largest absolute Gasteiger partial charge is 0.480 e. The minimum atomic E-state index is 0.345. The molecule has 108 valence electrons. The first-order chi connectivity index (χ1) is 10.1. The molecule has 0 aromatic carbocycles. The van der Waals surface area contributed by atoms with Crippen molar-refractivity contribution in [3.8, 4) is 29.0 Å². The van der Waals surface area contributed by atoms with Gasteiger partial charge in [-0.3, -0.25) is 0 Å². The molecule has 0 radical (unpaired) electrons. The second-order valence-corrected chi connectivity index (χ2v) is 4.48. The third-order valence-corrected chi connectivity index (χ3v) is 3.22. The number of aryl methyl sites for hydroxylation is 1. The van der Waals surface area contributed by atoms with Crippen LogP contribution in [0.3, 0.4) is 0 Å². The standard InChI is InChI=1S/C16H17N3O2/c1-5-21-15-12(7-6-8-18-15)14-10(2)13(9-17)16(20-4)19-11(14)3/h6-8H,5H2,1-4H3. The number of ether oxygens (including phenoxy) is 2. The van der Waals surface area contributed by atoms with E-state index in [4.69, 9.17) is 9.47 Å². The van der Waals surface area contributed by atoms with Gasteiger partial charge >= 0.3 is 0 Å². The summed E-state index contributed by atoms with van der Waals surface area (Å²) >= 11 is 0. The van der Waals surface area contributed by atoms with Crippen LogP contribution in [-0.4, -0.2) is 23.7 Å². The smallest absolute Gasteiger partial charge is 0.231 e. The molecule has 2 heterocycles. The van der Waals surface area contributed by atoms with Crippen molar-refractivity contribution < 1.29 is 9.47 Å². The van der Waals surface area contributed by atoms with Crippen LogP contribution in [0.15, 0.2) is 18.3 Å². The molecule has 0 N–H and O–H groups in total. The molecule has 21 heavy (non-hydrogen) atoms. The highest BCUT2D eigenvalue weighted by atomic mass is 16.5. The lowest BCUT2D eigenvalue weighted by Gasteiger charge is -2.15.